The molecular formula is C75H146O17P2. The standard InChI is InChI=1S/C75H146O17P2/c1-8-9-10-11-12-13-18-28-35-42-49-56-72(77)85-62-70(92-75(80)59-52-45-38-31-24-17-21-27-34-41-48-55-68(6)7)64-89-93(81,82)87-60-69(76)61-88-94(83,84)90-65-71(63-86-73(78)57-50-43-36-29-23-16-20-26-33-40-47-54-67(4)5)91-74(79)58-51-44-37-30-22-15-14-19-25-32-39-46-53-66(2)3/h66-71,76H,8-65H2,1-7H3,(H,81,82)(H,83,84)/t69-,70+,71+/m0/s1. The number of esters is 4. The summed E-state index contributed by atoms with van der Waals surface area (Å²) in [5.41, 5.74) is 0. The van der Waals surface area contributed by atoms with Crippen molar-refractivity contribution in [2.45, 2.75) is 401 Å². The van der Waals surface area contributed by atoms with E-state index in [1.807, 2.05) is 0 Å². The molecule has 17 nitrogen and oxygen atoms in total. The fraction of sp³-hybridized carbons (Fsp3) is 0.947. The van der Waals surface area contributed by atoms with E-state index in [-0.39, 0.29) is 25.7 Å². The first-order valence-electron chi connectivity index (χ1n) is 38.8. The van der Waals surface area contributed by atoms with Crippen LogP contribution in [-0.2, 0) is 65.4 Å². The number of ether oxygens (including phenoxy) is 4. The van der Waals surface area contributed by atoms with Crippen LogP contribution in [0, 0.1) is 17.8 Å². The van der Waals surface area contributed by atoms with Crippen LogP contribution < -0.4 is 0 Å². The molecule has 0 fully saturated rings. The number of phosphoric ester groups is 2. The summed E-state index contributed by atoms with van der Waals surface area (Å²) in [5, 5.41) is 10.6. The van der Waals surface area contributed by atoms with Gasteiger partial charge in [-0.15, -0.1) is 0 Å². The minimum absolute atomic E-state index is 0.106. The third kappa shape index (κ3) is 68.6. The quantitative estimate of drug-likeness (QED) is 0.0222. The number of rotatable bonds is 73. The summed E-state index contributed by atoms with van der Waals surface area (Å²) >= 11 is 0. The lowest BCUT2D eigenvalue weighted by Crippen LogP contribution is -2.30. The van der Waals surface area contributed by atoms with Crippen LogP contribution in [-0.4, -0.2) is 96.7 Å². The maximum absolute atomic E-state index is 13.1. The van der Waals surface area contributed by atoms with E-state index in [1.165, 1.54) is 193 Å². The predicted molar refractivity (Wildman–Crippen MR) is 381 cm³/mol. The van der Waals surface area contributed by atoms with Gasteiger partial charge >= 0.3 is 39.5 Å². The molecule has 19 heteroatoms. The number of aliphatic hydroxyl groups is 1. The lowest BCUT2D eigenvalue weighted by Gasteiger charge is -2.21. The van der Waals surface area contributed by atoms with E-state index in [4.69, 9.17) is 37.0 Å². The van der Waals surface area contributed by atoms with Gasteiger partial charge in [0.05, 0.1) is 26.4 Å². The van der Waals surface area contributed by atoms with Crippen LogP contribution in [0.4, 0.5) is 0 Å². The lowest BCUT2D eigenvalue weighted by molar-refractivity contribution is -0.161. The average molecular weight is 1380 g/mol. The number of phosphoric acid groups is 2. The molecule has 0 spiro atoms. The molecule has 0 heterocycles. The smallest absolute Gasteiger partial charge is 0.462 e. The van der Waals surface area contributed by atoms with Gasteiger partial charge in [0.2, 0.25) is 0 Å². The van der Waals surface area contributed by atoms with Crippen molar-refractivity contribution in [2.24, 2.45) is 17.8 Å². The molecule has 0 aromatic rings. The third-order valence-corrected chi connectivity index (χ3v) is 19.3. The molecule has 0 aliphatic heterocycles. The van der Waals surface area contributed by atoms with E-state index >= 15 is 0 Å². The minimum Gasteiger partial charge on any atom is -0.462 e. The SMILES string of the molecule is CCCCCCCCCCCCCC(=O)OC[C@H](COP(=O)(O)OC[C@H](O)COP(=O)(O)OC[C@@H](COC(=O)CCCCCCCCCCCCCC(C)C)OC(=O)CCCCCCCCCCCCCCC(C)C)OC(=O)CCCCCCCCCCCCCC(C)C. The van der Waals surface area contributed by atoms with E-state index in [2.05, 4.69) is 48.5 Å². The van der Waals surface area contributed by atoms with Crippen molar-refractivity contribution in [3.63, 3.8) is 0 Å². The second kappa shape index (κ2) is 65.7. The highest BCUT2D eigenvalue weighted by molar-refractivity contribution is 7.47. The van der Waals surface area contributed by atoms with Gasteiger partial charge in [0.1, 0.15) is 19.3 Å². The first-order chi connectivity index (χ1) is 45.2. The van der Waals surface area contributed by atoms with E-state index in [0.29, 0.717) is 25.7 Å². The van der Waals surface area contributed by atoms with Crippen LogP contribution in [0.25, 0.3) is 0 Å². The summed E-state index contributed by atoms with van der Waals surface area (Å²) in [6, 6.07) is 0. The van der Waals surface area contributed by atoms with Gasteiger partial charge in [-0.3, -0.25) is 37.3 Å². The Labute approximate surface area is 575 Å². The molecule has 0 aromatic carbocycles. The monoisotopic (exact) mass is 1380 g/mol. The van der Waals surface area contributed by atoms with Crippen molar-refractivity contribution in [1.29, 1.82) is 0 Å². The molecule has 2 unspecified atom stereocenters. The molecule has 0 radical (unpaired) electrons. The Morgan fingerprint density at radius 2 is 0.489 bits per heavy atom. The normalized spacial score (nSPS) is 14.1. The van der Waals surface area contributed by atoms with Gasteiger partial charge in [-0.1, -0.05) is 331 Å². The molecule has 0 rings (SSSR count). The van der Waals surface area contributed by atoms with E-state index in [1.54, 1.807) is 0 Å². The number of aliphatic hydroxyl groups excluding tert-OH is 1. The molecular weight excluding hydrogens is 1230 g/mol. The lowest BCUT2D eigenvalue weighted by atomic mass is 10.0. The van der Waals surface area contributed by atoms with Crippen molar-refractivity contribution in [3.05, 3.63) is 0 Å². The number of carbonyl (C=O) groups excluding carboxylic acids is 4. The zero-order chi connectivity index (χ0) is 69.4. The largest absolute Gasteiger partial charge is 0.472 e. The number of hydrogen-bond donors (Lipinski definition) is 3. The van der Waals surface area contributed by atoms with Crippen molar-refractivity contribution in [2.75, 3.05) is 39.6 Å². The molecule has 0 saturated carbocycles. The van der Waals surface area contributed by atoms with Gasteiger partial charge in [-0.25, -0.2) is 9.13 Å². The molecule has 3 N–H and O–H groups in total. The van der Waals surface area contributed by atoms with E-state index < -0.39 is 97.5 Å². The minimum atomic E-state index is -4.96. The molecule has 0 aromatic heterocycles. The Hall–Kier alpha value is -1.94. The van der Waals surface area contributed by atoms with Crippen molar-refractivity contribution in [3.8, 4) is 0 Å². The van der Waals surface area contributed by atoms with Gasteiger partial charge < -0.3 is 33.8 Å². The maximum Gasteiger partial charge on any atom is 0.472 e. The van der Waals surface area contributed by atoms with Gasteiger partial charge in [-0.05, 0) is 43.4 Å². The van der Waals surface area contributed by atoms with Crippen LogP contribution in [0.1, 0.15) is 382 Å². The molecule has 0 amide bonds. The fourth-order valence-electron chi connectivity index (χ4n) is 11.4. The first kappa shape index (κ1) is 92.1. The fourth-order valence-corrected chi connectivity index (χ4v) is 13.0. The highest BCUT2D eigenvalue weighted by Gasteiger charge is 2.30. The summed E-state index contributed by atoms with van der Waals surface area (Å²) in [6.45, 7) is 11.9. The summed E-state index contributed by atoms with van der Waals surface area (Å²) in [5.74, 6) is 0.196. The van der Waals surface area contributed by atoms with Crippen molar-refractivity contribution >= 4 is 39.5 Å². The Kier molecular flexibility index (Phi) is 64.3. The van der Waals surface area contributed by atoms with E-state index in [0.717, 1.165) is 108 Å². The summed E-state index contributed by atoms with van der Waals surface area (Å²) < 4.78 is 68.5. The maximum atomic E-state index is 13.1. The van der Waals surface area contributed by atoms with E-state index in [9.17, 15) is 43.2 Å². The molecule has 94 heavy (non-hydrogen) atoms. The van der Waals surface area contributed by atoms with Crippen LogP contribution in [0.2, 0.25) is 0 Å². The highest BCUT2D eigenvalue weighted by atomic mass is 31.2. The third-order valence-electron chi connectivity index (χ3n) is 17.4. The Balaban J connectivity index is 5.27. The molecule has 0 bridgehead atoms. The topological polar surface area (TPSA) is 237 Å². The van der Waals surface area contributed by atoms with Crippen molar-refractivity contribution in [1.82, 2.24) is 0 Å². The Morgan fingerprint density at radius 3 is 0.723 bits per heavy atom. The first-order valence-corrected chi connectivity index (χ1v) is 41.8. The van der Waals surface area contributed by atoms with Crippen molar-refractivity contribution < 1.29 is 80.2 Å². The second-order valence-electron chi connectivity index (χ2n) is 28.5. The van der Waals surface area contributed by atoms with Gasteiger partial charge in [0.15, 0.2) is 12.2 Å². The number of unbranched alkanes of at least 4 members (excludes halogenated alkanes) is 41. The summed E-state index contributed by atoms with van der Waals surface area (Å²) in [6.07, 6.45) is 51.2. The zero-order valence-corrected chi connectivity index (χ0v) is 63.2. The summed E-state index contributed by atoms with van der Waals surface area (Å²) in [7, 11) is -9.91. The molecule has 5 atom stereocenters. The molecule has 0 saturated heterocycles. The molecule has 0 aliphatic carbocycles. The second-order valence-corrected chi connectivity index (χ2v) is 31.4. The molecule has 558 valence electrons. The van der Waals surface area contributed by atoms with Gasteiger partial charge in [0, 0.05) is 25.7 Å². The van der Waals surface area contributed by atoms with Crippen LogP contribution in [0.5, 0.6) is 0 Å². The van der Waals surface area contributed by atoms with Crippen LogP contribution in [0.15, 0.2) is 0 Å². The Bertz CT molecular complexity index is 1840. The number of hydrogen-bond acceptors (Lipinski definition) is 15. The average Bonchev–Trinajstić information content (AvgIpc) is 1.21. The van der Waals surface area contributed by atoms with Gasteiger partial charge in [-0.2, -0.15) is 0 Å². The Morgan fingerprint density at radius 1 is 0.287 bits per heavy atom. The number of carbonyl (C=O) groups is 4. The summed E-state index contributed by atoms with van der Waals surface area (Å²) in [4.78, 5) is 72.8. The van der Waals surface area contributed by atoms with Crippen LogP contribution >= 0.6 is 15.6 Å². The highest BCUT2D eigenvalue weighted by Crippen LogP contribution is 2.45. The van der Waals surface area contributed by atoms with Gasteiger partial charge in [0.25, 0.3) is 0 Å². The zero-order valence-electron chi connectivity index (χ0n) is 61.4. The predicted octanol–water partition coefficient (Wildman–Crippen LogP) is 21.8. The molecule has 0 aliphatic rings. The van der Waals surface area contributed by atoms with Crippen LogP contribution in [0.3, 0.4) is 0 Å².